The molecular formula is C13H14F4N2O4S. The minimum absolute atomic E-state index is 0.0675. The minimum atomic E-state index is -5.03. The standard InChI is InChI=1S/C13H14F4N2O4S/c14-8-1-2-11(10(7-8)13(15,16)17)24(22,23)18-9-3-5-19(6-4-9)12(20)21/h1-2,7,9,18H,3-6H2,(H,20,21). The Kier molecular flexibility index (Phi) is 5.04. The van der Waals surface area contributed by atoms with Crippen LogP contribution in [0.5, 0.6) is 0 Å². The third kappa shape index (κ3) is 4.15. The zero-order chi connectivity index (χ0) is 18.1. The first-order valence-electron chi connectivity index (χ1n) is 6.87. The Hall–Kier alpha value is -1.88. The highest BCUT2D eigenvalue weighted by atomic mass is 32.2. The van der Waals surface area contributed by atoms with Crippen LogP contribution in [0.3, 0.4) is 0 Å². The number of likely N-dealkylation sites (tertiary alicyclic amines) is 1. The number of nitrogens with zero attached hydrogens (tertiary/aromatic N) is 1. The van der Waals surface area contributed by atoms with Gasteiger partial charge in [0.2, 0.25) is 10.0 Å². The molecule has 1 amide bonds. The zero-order valence-electron chi connectivity index (χ0n) is 12.2. The van der Waals surface area contributed by atoms with Crippen molar-refractivity contribution in [3.05, 3.63) is 29.6 Å². The zero-order valence-corrected chi connectivity index (χ0v) is 13.0. The average Bonchev–Trinajstić information content (AvgIpc) is 2.46. The van der Waals surface area contributed by atoms with Crippen LogP contribution in [-0.2, 0) is 16.2 Å². The molecule has 1 aliphatic rings. The lowest BCUT2D eigenvalue weighted by atomic mass is 10.1. The second-order valence-corrected chi connectivity index (χ2v) is 6.99. The van der Waals surface area contributed by atoms with E-state index in [0.717, 1.165) is 4.90 Å². The van der Waals surface area contributed by atoms with Crippen LogP contribution in [0, 0.1) is 5.82 Å². The van der Waals surface area contributed by atoms with Crippen LogP contribution in [0.1, 0.15) is 18.4 Å². The van der Waals surface area contributed by atoms with Gasteiger partial charge in [-0.1, -0.05) is 0 Å². The van der Waals surface area contributed by atoms with Gasteiger partial charge in [-0.15, -0.1) is 0 Å². The molecule has 0 bridgehead atoms. The maximum absolute atomic E-state index is 13.1. The molecule has 2 rings (SSSR count). The summed E-state index contributed by atoms with van der Waals surface area (Å²) in [7, 11) is -4.53. The van der Waals surface area contributed by atoms with Crippen LogP contribution in [0.15, 0.2) is 23.1 Å². The first-order chi connectivity index (χ1) is 11.0. The van der Waals surface area contributed by atoms with Crippen LogP contribution < -0.4 is 4.72 Å². The molecule has 1 heterocycles. The Morgan fingerprint density at radius 3 is 2.33 bits per heavy atom. The lowest BCUT2D eigenvalue weighted by molar-refractivity contribution is -0.140. The third-order valence-corrected chi connectivity index (χ3v) is 5.20. The first kappa shape index (κ1) is 18.5. The highest BCUT2D eigenvalue weighted by Crippen LogP contribution is 2.34. The third-order valence-electron chi connectivity index (χ3n) is 3.62. The minimum Gasteiger partial charge on any atom is -0.465 e. The highest BCUT2D eigenvalue weighted by molar-refractivity contribution is 7.89. The van der Waals surface area contributed by atoms with Crippen molar-refractivity contribution >= 4 is 16.1 Å². The summed E-state index contributed by atoms with van der Waals surface area (Å²) in [6.07, 6.45) is -5.91. The Labute approximate surface area is 135 Å². The van der Waals surface area contributed by atoms with Crippen molar-refractivity contribution in [1.29, 1.82) is 0 Å². The first-order valence-corrected chi connectivity index (χ1v) is 8.36. The molecule has 0 saturated carbocycles. The number of carbonyl (C=O) groups is 1. The van der Waals surface area contributed by atoms with Crippen molar-refractivity contribution < 1.29 is 35.9 Å². The molecule has 11 heteroatoms. The van der Waals surface area contributed by atoms with Crippen molar-refractivity contribution in [2.24, 2.45) is 0 Å². The number of hydrogen-bond acceptors (Lipinski definition) is 3. The van der Waals surface area contributed by atoms with E-state index in [-0.39, 0.29) is 32.0 Å². The summed E-state index contributed by atoms with van der Waals surface area (Å²) >= 11 is 0. The predicted octanol–water partition coefficient (Wildman–Crippen LogP) is 2.27. The van der Waals surface area contributed by atoms with E-state index in [1.54, 1.807) is 0 Å². The molecule has 0 unspecified atom stereocenters. The maximum Gasteiger partial charge on any atom is 0.417 e. The van der Waals surface area contributed by atoms with Crippen LogP contribution in [-0.4, -0.2) is 43.6 Å². The van der Waals surface area contributed by atoms with E-state index in [4.69, 9.17) is 5.11 Å². The van der Waals surface area contributed by atoms with Gasteiger partial charge >= 0.3 is 12.3 Å². The molecule has 6 nitrogen and oxygen atoms in total. The fourth-order valence-corrected chi connectivity index (χ4v) is 3.94. The van der Waals surface area contributed by atoms with E-state index < -0.39 is 44.6 Å². The summed E-state index contributed by atoms with van der Waals surface area (Å²) in [4.78, 5) is 10.8. The van der Waals surface area contributed by atoms with Gasteiger partial charge in [0.15, 0.2) is 0 Å². The number of rotatable bonds is 3. The molecule has 24 heavy (non-hydrogen) atoms. The Morgan fingerprint density at radius 1 is 1.25 bits per heavy atom. The summed E-state index contributed by atoms with van der Waals surface area (Å²) in [5, 5.41) is 8.81. The number of piperidine rings is 1. The van der Waals surface area contributed by atoms with E-state index in [0.29, 0.717) is 12.1 Å². The van der Waals surface area contributed by atoms with Crippen LogP contribution in [0.25, 0.3) is 0 Å². The van der Waals surface area contributed by atoms with Gasteiger partial charge in [0.25, 0.3) is 0 Å². The van der Waals surface area contributed by atoms with Gasteiger partial charge in [0.1, 0.15) is 5.82 Å². The molecule has 1 fully saturated rings. The fourth-order valence-electron chi connectivity index (χ4n) is 2.43. The lowest BCUT2D eigenvalue weighted by Gasteiger charge is -2.30. The summed E-state index contributed by atoms with van der Waals surface area (Å²) < 4.78 is 78.5. The van der Waals surface area contributed by atoms with Crippen molar-refractivity contribution in [3.63, 3.8) is 0 Å². The quantitative estimate of drug-likeness (QED) is 0.799. The Bertz CT molecular complexity index is 728. The normalized spacial score (nSPS) is 17.1. The van der Waals surface area contributed by atoms with Crippen LogP contribution >= 0.6 is 0 Å². The van der Waals surface area contributed by atoms with Crippen molar-refractivity contribution in [3.8, 4) is 0 Å². The second-order valence-electron chi connectivity index (χ2n) is 5.30. The molecule has 0 aromatic heterocycles. The van der Waals surface area contributed by atoms with E-state index in [1.807, 2.05) is 0 Å². The summed E-state index contributed by atoms with van der Waals surface area (Å²) in [5.41, 5.74) is -1.59. The number of hydrogen-bond donors (Lipinski definition) is 2. The topological polar surface area (TPSA) is 86.7 Å². The monoisotopic (exact) mass is 370 g/mol. The van der Waals surface area contributed by atoms with Crippen LogP contribution in [0.2, 0.25) is 0 Å². The summed E-state index contributed by atoms with van der Waals surface area (Å²) in [5.74, 6) is -1.20. The molecule has 1 aromatic rings. The van der Waals surface area contributed by atoms with E-state index in [1.165, 1.54) is 0 Å². The second kappa shape index (κ2) is 6.55. The maximum atomic E-state index is 13.1. The van der Waals surface area contributed by atoms with E-state index in [2.05, 4.69) is 4.72 Å². The Morgan fingerprint density at radius 2 is 1.83 bits per heavy atom. The molecule has 0 atom stereocenters. The molecule has 0 radical (unpaired) electrons. The van der Waals surface area contributed by atoms with Crippen molar-refractivity contribution in [2.45, 2.75) is 30.0 Å². The number of benzene rings is 1. The summed E-state index contributed by atoms with van der Waals surface area (Å²) in [6, 6.07) is 0.627. The molecule has 134 valence electrons. The fraction of sp³-hybridized carbons (Fsp3) is 0.462. The smallest absolute Gasteiger partial charge is 0.417 e. The average molecular weight is 370 g/mol. The molecule has 1 aromatic carbocycles. The number of carboxylic acid groups (broad SMARTS) is 1. The van der Waals surface area contributed by atoms with Gasteiger partial charge in [-0.05, 0) is 31.0 Å². The van der Waals surface area contributed by atoms with Gasteiger partial charge in [-0.25, -0.2) is 22.3 Å². The van der Waals surface area contributed by atoms with Gasteiger partial charge in [0, 0.05) is 19.1 Å². The molecule has 0 aliphatic carbocycles. The number of nitrogens with one attached hydrogen (secondary N) is 1. The van der Waals surface area contributed by atoms with Gasteiger partial charge in [-0.2, -0.15) is 13.2 Å². The number of sulfonamides is 1. The SMILES string of the molecule is O=C(O)N1CCC(NS(=O)(=O)c2ccc(F)cc2C(F)(F)F)CC1. The highest BCUT2D eigenvalue weighted by Gasteiger charge is 2.38. The largest absolute Gasteiger partial charge is 0.465 e. The molecule has 1 aliphatic heterocycles. The molecule has 0 spiro atoms. The number of amides is 1. The van der Waals surface area contributed by atoms with Gasteiger partial charge in [-0.3, -0.25) is 0 Å². The number of alkyl halides is 3. The van der Waals surface area contributed by atoms with Gasteiger partial charge < -0.3 is 10.0 Å². The van der Waals surface area contributed by atoms with Crippen molar-refractivity contribution in [1.82, 2.24) is 9.62 Å². The molecule has 2 N–H and O–H groups in total. The van der Waals surface area contributed by atoms with Crippen LogP contribution in [0.4, 0.5) is 22.4 Å². The summed E-state index contributed by atoms with van der Waals surface area (Å²) in [6.45, 7) is 0.135. The van der Waals surface area contributed by atoms with Gasteiger partial charge in [0.05, 0.1) is 10.5 Å². The van der Waals surface area contributed by atoms with Crippen molar-refractivity contribution in [2.75, 3.05) is 13.1 Å². The molecule has 1 saturated heterocycles. The van der Waals surface area contributed by atoms with E-state index in [9.17, 15) is 30.8 Å². The predicted molar refractivity (Wildman–Crippen MR) is 74.3 cm³/mol. The van der Waals surface area contributed by atoms with E-state index >= 15 is 0 Å². The molecular weight excluding hydrogens is 356 g/mol. The lowest BCUT2D eigenvalue weighted by Crippen LogP contribution is -2.46. The number of halogens is 4. The Balaban J connectivity index is 2.22.